The maximum Gasteiger partial charge on any atom is 0.363 e. The zero-order valence-corrected chi connectivity index (χ0v) is 21.2. The molecule has 6 heteroatoms. The Morgan fingerprint density at radius 1 is 1.09 bits per heavy atom. The van der Waals surface area contributed by atoms with Gasteiger partial charge >= 0.3 is 5.97 Å². The van der Waals surface area contributed by atoms with E-state index in [1.807, 2.05) is 61.5 Å². The summed E-state index contributed by atoms with van der Waals surface area (Å²) < 4.78 is 17.7. The standard InChI is InChI=1S/C28H26BrNO4/c1-17(2)21-8-10-22(11-9-21)27-30-24(28(31)34-27)14-20-13-23(29)26(25(15-20)32-4)33-16-19-7-5-6-18(3)12-19/h5-15,17H,16H2,1-4H3/b24-14-. The number of carbonyl (C=O) groups excluding carboxylic acids is 1. The Balaban J connectivity index is 1.57. The topological polar surface area (TPSA) is 57.1 Å². The number of hydrogen-bond acceptors (Lipinski definition) is 5. The lowest BCUT2D eigenvalue weighted by Crippen LogP contribution is -2.05. The van der Waals surface area contributed by atoms with Gasteiger partial charge in [0.05, 0.1) is 11.6 Å². The minimum absolute atomic E-state index is 0.227. The van der Waals surface area contributed by atoms with Gasteiger partial charge in [-0.3, -0.25) is 0 Å². The molecule has 0 radical (unpaired) electrons. The molecule has 174 valence electrons. The summed E-state index contributed by atoms with van der Waals surface area (Å²) in [7, 11) is 1.58. The van der Waals surface area contributed by atoms with Gasteiger partial charge in [0.1, 0.15) is 6.61 Å². The summed E-state index contributed by atoms with van der Waals surface area (Å²) in [6, 6.07) is 19.7. The van der Waals surface area contributed by atoms with E-state index >= 15 is 0 Å². The average molecular weight is 520 g/mol. The lowest BCUT2D eigenvalue weighted by atomic mass is 10.0. The molecule has 4 rings (SSSR count). The first kappa shape index (κ1) is 23.8. The van der Waals surface area contributed by atoms with Crippen LogP contribution in [-0.4, -0.2) is 19.0 Å². The number of esters is 1. The summed E-state index contributed by atoms with van der Waals surface area (Å²) in [5, 5.41) is 0. The summed E-state index contributed by atoms with van der Waals surface area (Å²) in [6.45, 7) is 6.72. The van der Waals surface area contributed by atoms with Crippen molar-refractivity contribution in [2.45, 2.75) is 33.3 Å². The van der Waals surface area contributed by atoms with Crippen LogP contribution in [0.5, 0.6) is 11.5 Å². The number of halogens is 1. The molecular formula is C28H26BrNO4. The number of hydrogen-bond donors (Lipinski definition) is 0. The molecule has 0 atom stereocenters. The highest BCUT2D eigenvalue weighted by Gasteiger charge is 2.24. The van der Waals surface area contributed by atoms with E-state index < -0.39 is 5.97 Å². The first-order chi connectivity index (χ1) is 16.3. The molecule has 0 N–H and O–H groups in total. The molecule has 0 spiro atoms. The van der Waals surface area contributed by atoms with Crippen molar-refractivity contribution in [2.75, 3.05) is 7.11 Å². The Bertz CT molecular complexity index is 1280. The highest BCUT2D eigenvalue weighted by Crippen LogP contribution is 2.38. The van der Waals surface area contributed by atoms with E-state index in [4.69, 9.17) is 14.2 Å². The maximum absolute atomic E-state index is 12.5. The zero-order chi connectivity index (χ0) is 24.2. The molecule has 34 heavy (non-hydrogen) atoms. The predicted octanol–water partition coefficient (Wildman–Crippen LogP) is 6.81. The van der Waals surface area contributed by atoms with Crippen molar-refractivity contribution in [3.05, 3.63) is 98.7 Å². The van der Waals surface area contributed by atoms with Crippen LogP contribution in [-0.2, 0) is 16.1 Å². The van der Waals surface area contributed by atoms with Crippen LogP contribution in [0.1, 0.15) is 47.6 Å². The first-order valence-electron chi connectivity index (χ1n) is 11.0. The number of nitrogens with zero attached hydrogens (tertiary/aromatic N) is 1. The second-order valence-electron chi connectivity index (χ2n) is 8.42. The number of aliphatic imine (C=N–C) groups is 1. The van der Waals surface area contributed by atoms with Crippen molar-refractivity contribution in [3.8, 4) is 11.5 Å². The van der Waals surface area contributed by atoms with E-state index in [-0.39, 0.29) is 5.70 Å². The molecule has 0 amide bonds. The second kappa shape index (κ2) is 10.3. The summed E-state index contributed by atoms with van der Waals surface area (Å²) in [4.78, 5) is 16.9. The Morgan fingerprint density at radius 2 is 1.85 bits per heavy atom. The summed E-state index contributed by atoms with van der Waals surface area (Å²) in [5.74, 6) is 1.38. The minimum atomic E-state index is -0.488. The van der Waals surface area contributed by atoms with E-state index in [0.29, 0.717) is 34.4 Å². The van der Waals surface area contributed by atoms with Crippen LogP contribution < -0.4 is 9.47 Å². The normalized spacial score (nSPS) is 14.4. The van der Waals surface area contributed by atoms with Gasteiger partial charge in [0.2, 0.25) is 5.90 Å². The number of rotatable bonds is 7. The van der Waals surface area contributed by atoms with Crippen LogP contribution in [0.25, 0.3) is 6.08 Å². The van der Waals surface area contributed by atoms with Crippen LogP contribution in [0.3, 0.4) is 0 Å². The van der Waals surface area contributed by atoms with Gasteiger partial charge < -0.3 is 14.2 Å². The Hall–Kier alpha value is -3.38. The monoisotopic (exact) mass is 519 g/mol. The van der Waals surface area contributed by atoms with E-state index in [1.54, 1.807) is 13.2 Å². The Kier molecular flexibility index (Phi) is 7.17. The molecule has 1 heterocycles. The van der Waals surface area contributed by atoms with E-state index in [0.717, 1.165) is 16.7 Å². The lowest BCUT2D eigenvalue weighted by molar-refractivity contribution is -0.129. The van der Waals surface area contributed by atoms with E-state index in [9.17, 15) is 4.79 Å². The smallest absolute Gasteiger partial charge is 0.363 e. The van der Waals surface area contributed by atoms with Gasteiger partial charge in [-0.1, -0.05) is 55.8 Å². The fraction of sp³-hybridized carbons (Fsp3) is 0.214. The molecule has 0 aromatic heterocycles. The zero-order valence-electron chi connectivity index (χ0n) is 19.6. The molecular weight excluding hydrogens is 494 g/mol. The number of carbonyl (C=O) groups is 1. The minimum Gasteiger partial charge on any atom is -0.493 e. The van der Waals surface area contributed by atoms with Crippen molar-refractivity contribution in [1.82, 2.24) is 0 Å². The number of cyclic esters (lactones) is 1. The van der Waals surface area contributed by atoms with Crippen molar-refractivity contribution in [1.29, 1.82) is 0 Å². The number of benzene rings is 3. The molecule has 0 bridgehead atoms. The van der Waals surface area contributed by atoms with Gasteiger partial charge in [-0.05, 0) is 75.8 Å². The van der Waals surface area contributed by atoms with Crippen LogP contribution >= 0.6 is 15.9 Å². The van der Waals surface area contributed by atoms with Gasteiger partial charge in [0, 0.05) is 5.56 Å². The van der Waals surface area contributed by atoms with Gasteiger partial charge in [-0.2, -0.15) is 0 Å². The lowest BCUT2D eigenvalue weighted by Gasteiger charge is -2.14. The van der Waals surface area contributed by atoms with Crippen LogP contribution in [0, 0.1) is 6.92 Å². The van der Waals surface area contributed by atoms with Gasteiger partial charge in [-0.25, -0.2) is 9.79 Å². The van der Waals surface area contributed by atoms with Crippen molar-refractivity contribution in [2.24, 2.45) is 4.99 Å². The highest BCUT2D eigenvalue weighted by molar-refractivity contribution is 9.10. The first-order valence-corrected chi connectivity index (χ1v) is 11.8. The molecule has 0 saturated heterocycles. The molecule has 3 aromatic carbocycles. The highest BCUT2D eigenvalue weighted by atomic mass is 79.9. The fourth-order valence-corrected chi connectivity index (χ4v) is 4.20. The Labute approximate surface area is 208 Å². The molecule has 1 aliphatic heterocycles. The predicted molar refractivity (Wildman–Crippen MR) is 137 cm³/mol. The molecule has 0 unspecified atom stereocenters. The molecule has 0 saturated carbocycles. The fourth-order valence-electron chi connectivity index (χ4n) is 3.62. The number of ether oxygens (including phenoxy) is 3. The van der Waals surface area contributed by atoms with Crippen LogP contribution in [0.2, 0.25) is 0 Å². The maximum atomic E-state index is 12.5. The van der Waals surface area contributed by atoms with Crippen LogP contribution in [0.4, 0.5) is 0 Å². The van der Waals surface area contributed by atoms with E-state index in [1.165, 1.54) is 11.1 Å². The van der Waals surface area contributed by atoms with Crippen LogP contribution in [0.15, 0.2) is 75.8 Å². The quantitative estimate of drug-likeness (QED) is 0.254. The van der Waals surface area contributed by atoms with Gasteiger partial charge in [0.15, 0.2) is 17.2 Å². The van der Waals surface area contributed by atoms with E-state index in [2.05, 4.69) is 40.8 Å². The summed E-state index contributed by atoms with van der Waals surface area (Å²) in [5.41, 5.74) is 5.18. The summed E-state index contributed by atoms with van der Waals surface area (Å²) >= 11 is 3.57. The average Bonchev–Trinajstić information content (AvgIpc) is 3.18. The Morgan fingerprint density at radius 3 is 2.53 bits per heavy atom. The van der Waals surface area contributed by atoms with Gasteiger partial charge in [0.25, 0.3) is 0 Å². The van der Waals surface area contributed by atoms with Crippen molar-refractivity contribution in [3.63, 3.8) is 0 Å². The van der Waals surface area contributed by atoms with Gasteiger partial charge in [-0.15, -0.1) is 0 Å². The third-order valence-electron chi connectivity index (χ3n) is 5.47. The van der Waals surface area contributed by atoms with Crippen molar-refractivity contribution < 1.29 is 19.0 Å². The molecule has 5 nitrogen and oxygen atoms in total. The van der Waals surface area contributed by atoms with Crippen molar-refractivity contribution >= 4 is 33.9 Å². The SMILES string of the molecule is COc1cc(/C=C2\N=C(c3ccc(C(C)C)cc3)OC2=O)cc(Br)c1OCc1cccc(C)c1. The molecule has 0 aliphatic carbocycles. The number of methoxy groups -OCH3 is 1. The molecule has 3 aromatic rings. The second-order valence-corrected chi connectivity index (χ2v) is 9.28. The third kappa shape index (κ3) is 5.39. The number of aryl methyl sites for hydroxylation is 1. The third-order valence-corrected chi connectivity index (χ3v) is 6.05. The molecule has 0 fully saturated rings. The molecule has 1 aliphatic rings. The largest absolute Gasteiger partial charge is 0.493 e. The summed E-state index contributed by atoms with van der Waals surface area (Å²) in [6.07, 6.45) is 1.68.